The van der Waals surface area contributed by atoms with E-state index in [0.29, 0.717) is 29.2 Å². The second-order valence-corrected chi connectivity index (χ2v) is 6.59. The highest BCUT2D eigenvalue weighted by atomic mass is 35.5. The molecule has 5 nitrogen and oxygen atoms in total. The predicted molar refractivity (Wildman–Crippen MR) is 94.5 cm³/mol. The van der Waals surface area contributed by atoms with Crippen molar-refractivity contribution in [3.05, 3.63) is 70.0 Å². The van der Waals surface area contributed by atoms with Gasteiger partial charge in [-0.15, -0.1) is 0 Å². The Hall–Kier alpha value is -2.84. The molecule has 0 aliphatic carbocycles. The van der Waals surface area contributed by atoms with E-state index in [1.54, 1.807) is 22.8 Å². The molecule has 0 fully saturated rings. The van der Waals surface area contributed by atoms with Crippen molar-refractivity contribution in [3.8, 4) is 6.07 Å². The fourth-order valence-electron chi connectivity index (χ4n) is 3.46. The summed E-state index contributed by atoms with van der Waals surface area (Å²) in [4.78, 5) is 14.8. The minimum absolute atomic E-state index is 0.0991. The van der Waals surface area contributed by atoms with E-state index in [9.17, 15) is 10.1 Å². The third-order valence-corrected chi connectivity index (χ3v) is 4.98. The molecule has 0 bridgehead atoms. The minimum Gasteiger partial charge on any atom is -0.330 e. The van der Waals surface area contributed by atoms with Crippen LogP contribution in [-0.2, 0) is 6.42 Å². The van der Waals surface area contributed by atoms with E-state index in [0.717, 1.165) is 16.6 Å². The maximum absolute atomic E-state index is 13.0. The van der Waals surface area contributed by atoms with E-state index < -0.39 is 0 Å². The van der Waals surface area contributed by atoms with Crippen LogP contribution in [0.25, 0.3) is 5.52 Å². The number of nitrogens with zero attached hydrogens (tertiary/aromatic N) is 4. The molecule has 6 heteroatoms. The van der Waals surface area contributed by atoms with Crippen molar-refractivity contribution in [2.24, 2.45) is 0 Å². The summed E-state index contributed by atoms with van der Waals surface area (Å²) in [6.07, 6.45) is 2.36. The van der Waals surface area contributed by atoms with Crippen LogP contribution in [0.15, 0.2) is 42.6 Å². The van der Waals surface area contributed by atoms with Gasteiger partial charge in [-0.05, 0) is 48.7 Å². The Kier molecular flexibility index (Phi) is 3.70. The average Bonchev–Trinajstić information content (AvgIpc) is 3.04. The second kappa shape index (κ2) is 5.91. The molecule has 3 aromatic rings. The Morgan fingerprint density at radius 2 is 2.20 bits per heavy atom. The number of nitriles is 1. The second-order valence-electron chi connectivity index (χ2n) is 6.16. The largest absolute Gasteiger partial charge is 0.330 e. The van der Waals surface area contributed by atoms with Gasteiger partial charge in [0.25, 0.3) is 5.91 Å². The normalized spacial score (nSPS) is 16.5. The van der Waals surface area contributed by atoms with Crippen LogP contribution in [0.5, 0.6) is 0 Å². The van der Waals surface area contributed by atoms with Crippen molar-refractivity contribution < 1.29 is 4.79 Å². The molecule has 1 unspecified atom stereocenters. The molecular formula is C19H15ClN4O. The summed E-state index contributed by atoms with van der Waals surface area (Å²) < 4.78 is 1.62. The highest BCUT2D eigenvalue weighted by Gasteiger charge is 2.30. The van der Waals surface area contributed by atoms with Crippen molar-refractivity contribution in [3.63, 3.8) is 0 Å². The summed E-state index contributed by atoms with van der Waals surface area (Å²) in [6, 6.07) is 13.2. The third kappa shape index (κ3) is 2.55. The number of hydrogen-bond donors (Lipinski definition) is 0. The van der Waals surface area contributed by atoms with E-state index in [1.165, 1.54) is 0 Å². The third-order valence-electron chi connectivity index (χ3n) is 4.76. The fraction of sp³-hybridized carbons (Fsp3) is 0.211. The topological polar surface area (TPSA) is 61.4 Å². The maximum atomic E-state index is 13.0. The zero-order chi connectivity index (χ0) is 17.6. The number of fused-ring (bicyclic) bond motifs is 2. The predicted octanol–water partition coefficient (Wildman–Crippen LogP) is 3.62. The molecule has 2 aromatic heterocycles. The van der Waals surface area contributed by atoms with Crippen molar-refractivity contribution in [2.75, 3.05) is 6.54 Å². The maximum Gasteiger partial charge on any atom is 0.274 e. The first kappa shape index (κ1) is 15.7. The lowest BCUT2D eigenvalue weighted by atomic mass is 9.90. The monoisotopic (exact) mass is 350 g/mol. The number of hydrogen-bond acceptors (Lipinski definition) is 3. The molecule has 0 N–H and O–H groups in total. The molecule has 0 saturated heterocycles. The van der Waals surface area contributed by atoms with Crippen molar-refractivity contribution in [1.29, 1.82) is 5.26 Å². The number of pyridine rings is 1. The van der Waals surface area contributed by atoms with Crippen LogP contribution in [0, 0.1) is 11.3 Å². The Labute approximate surface area is 150 Å². The molecule has 1 aliphatic rings. The average molecular weight is 351 g/mol. The summed E-state index contributed by atoms with van der Waals surface area (Å²) in [5.74, 6) is -0.111. The number of carbonyl (C=O) groups excluding carboxylic acids is 1. The summed E-state index contributed by atoms with van der Waals surface area (Å²) in [7, 11) is 0. The van der Waals surface area contributed by atoms with Gasteiger partial charge in [0.2, 0.25) is 0 Å². The number of benzene rings is 1. The molecule has 3 heterocycles. The Morgan fingerprint density at radius 1 is 1.36 bits per heavy atom. The van der Waals surface area contributed by atoms with Crippen molar-refractivity contribution >= 4 is 23.0 Å². The highest BCUT2D eigenvalue weighted by molar-refractivity contribution is 6.30. The first-order valence-electron chi connectivity index (χ1n) is 8.06. The van der Waals surface area contributed by atoms with Crippen molar-refractivity contribution in [1.82, 2.24) is 14.5 Å². The Balaban J connectivity index is 1.69. The minimum atomic E-state index is -0.111. The van der Waals surface area contributed by atoms with Gasteiger partial charge >= 0.3 is 0 Å². The number of halogens is 1. The molecular weight excluding hydrogens is 336 g/mol. The lowest BCUT2D eigenvalue weighted by Crippen LogP contribution is -2.39. The van der Waals surface area contributed by atoms with Gasteiger partial charge in [-0.1, -0.05) is 23.7 Å². The molecule has 0 saturated carbocycles. The molecule has 4 rings (SSSR count). The molecule has 0 spiro atoms. The number of aromatic nitrogens is 2. The van der Waals surface area contributed by atoms with Gasteiger partial charge in [0.05, 0.1) is 28.2 Å². The molecule has 0 radical (unpaired) electrons. The number of amides is 1. The number of carbonyl (C=O) groups is 1. The van der Waals surface area contributed by atoms with E-state index in [4.69, 9.17) is 11.6 Å². The van der Waals surface area contributed by atoms with Crippen molar-refractivity contribution in [2.45, 2.75) is 19.4 Å². The number of rotatable bonds is 1. The van der Waals surface area contributed by atoms with Gasteiger partial charge in [0, 0.05) is 12.7 Å². The molecule has 124 valence electrons. The summed E-state index contributed by atoms with van der Waals surface area (Å²) in [5.41, 5.74) is 3.99. The zero-order valence-corrected chi connectivity index (χ0v) is 14.4. The lowest BCUT2D eigenvalue weighted by molar-refractivity contribution is 0.0671. The Bertz CT molecular complexity index is 1030. The first-order valence-corrected chi connectivity index (χ1v) is 8.44. The highest BCUT2D eigenvalue weighted by Crippen LogP contribution is 2.32. The molecule has 1 amide bonds. The van der Waals surface area contributed by atoms with Crippen LogP contribution in [0.1, 0.15) is 40.1 Å². The summed E-state index contributed by atoms with van der Waals surface area (Å²) in [6.45, 7) is 2.56. The van der Waals surface area contributed by atoms with Gasteiger partial charge < -0.3 is 4.90 Å². The van der Waals surface area contributed by atoms with Crippen LogP contribution in [0.4, 0.5) is 0 Å². The van der Waals surface area contributed by atoms with E-state index in [1.807, 2.05) is 36.1 Å². The molecule has 25 heavy (non-hydrogen) atoms. The quantitative estimate of drug-likeness (QED) is 0.673. The van der Waals surface area contributed by atoms with Gasteiger partial charge in [0.15, 0.2) is 5.69 Å². The van der Waals surface area contributed by atoms with E-state index in [2.05, 4.69) is 11.2 Å². The van der Waals surface area contributed by atoms with Gasteiger partial charge in [0.1, 0.15) is 0 Å². The van der Waals surface area contributed by atoms with Crippen LogP contribution >= 0.6 is 11.6 Å². The smallest absolute Gasteiger partial charge is 0.274 e. The van der Waals surface area contributed by atoms with Crippen LogP contribution in [0.2, 0.25) is 5.02 Å². The zero-order valence-electron chi connectivity index (χ0n) is 13.6. The van der Waals surface area contributed by atoms with Crippen LogP contribution in [0.3, 0.4) is 0 Å². The SMILES string of the molecule is CC1c2cccc(C#N)c2CCN1C(=O)c1cc2ccc(Cl)cn2n1. The first-order chi connectivity index (χ1) is 12.1. The molecule has 1 atom stereocenters. The van der Waals surface area contributed by atoms with Gasteiger partial charge in [-0.3, -0.25) is 4.79 Å². The summed E-state index contributed by atoms with van der Waals surface area (Å²) >= 11 is 5.98. The van der Waals surface area contributed by atoms with Crippen LogP contribution < -0.4 is 0 Å². The Morgan fingerprint density at radius 3 is 3.00 bits per heavy atom. The van der Waals surface area contributed by atoms with Crippen LogP contribution in [-0.4, -0.2) is 27.0 Å². The van der Waals surface area contributed by atoms with Gasteiger partial charge in [-0.25, -0.2) is 4.52 Å². The molecule has 1 aliphatic heterocycles. The van der Waals surface area contributed by atoms with E-state index >= 15 is 0 Å². The van der Waals surface area contributed by atoms with E-state index in [-0.39, 0.29) is 11.9 Å². The fourth-order valence-corrected chi connectivity index (χ4v) is 3.62. The molecule has 1 aromatic carbocycles. The summed E-state index contributed by atoms with van der Waals surface area (Å²) in [5, 5.41) is 14.2. The lowest BCUT2D eigenvalue weighted by Gasteiger charge is -2.35. The van der Waals surface area contributed by atoms with Gasteiger partial charge in [-0.2, -0.15) is 10.4 Å². The standard InChI is InChI=1S/C19H15ClN4O/c1-12-16-4-2-3-13(10-21)17(16)7-8-23(12)19(25)18-9-15-6-5-14(20)11-24(15)22-18/h2-6,9,11-12H,7-8H2,1H3.